The second kappa shape index (κ2) is 7.68. The maximum atomic E-state index is 6.02. The average Bonchev–Trinajstić information content (AvgIpc) is 2.37. The van der Waals surface area contributed by atoms with E-state index in [0.717, 1.165) is 5.02 Å². The van der Waals surface area contributed by atoms with Gasteiger partial charge in [-0.2, -0.15) is 0 Å². The smallest absolute Gasteiger partial charge is 0.0406 e. The van der Waals surface area contributed by atoms with Crippen LogP contribution in [0.2, 0.25) is 5.02 Å². The SMILES string of the molecule is CC(C)(C)CC(c1ccc(Cl)cc1)C1CCCCN1.Cl. The van der Waals surface area contributed by atoms with Gasteiger partial charge >= 0.3 is 0 Å². The molecule has 0 radical (unpaired) electrons. The molecule has 1 aliphatic rings. The summed E-state index contributed by atoms with van der Waals surface area (Å²) in [6.45, 7) is 8.16. The highest BCUT2D eigenvalue weighted by Gasteiger charge is 2.28. The van der Waals surface area contributed by atoms with Gasteiger partial charge in [-0.05, 0) is 54.8 Å². The molecule has 1 fully saturated rings. The van der Waals surface area contributed by atoms with Crippen molar-refractivity contribution < 1.29 is 0 Å². The molecule has 1 heterocycles. The van der Waals surface area contributed by atoms with Gasteiger partial charge in [0, 0.05) is 11.1 Å². The van der Waals surface area contributed by atoms with Crippen LogP contribution in [-0.4, -0.2) is 12.6 Å². The van der Waals surface area contributed by atoms with Crippen LogP contribution in [0, 0.1) is 5.41 Å². The molecule has 2 rings (SSSR count). The van der Waals surface area contributed by atoms with Crippen LogP contribution < -0.4 is 5.32 Å². The van der Waals surface area contributed by atoms with E-state index in [1.807, 2.05) is 12.1 Å². The molecule has 0 aliphatic carbocycles. The van der Waals surface area contributed by atoms with Crippen LogP contribution in [0.3, 0.4) is 0 Å². The van der Waals surface area contributed by atoms with Gasteiger partial charge in [-0.15, -0.1) is 12.4 Å². The predicted molar refractivity (Wildman–Crippen MR) is 91.2 cm³/mol. The predicted octanol–water partition coefficient (Wildman–Crippen LogP) is 5.42. The minimum Gasteiger partial charge on any atom is -0.313 e. The molecule has 1 aromatic carbocycles. The normalized spacial score (nSPS) is 21.1. The van der Waals surface area contributed by atoms with Gasteiger partial charge in [0.15, 0.2) is 0 Å². The van der Waals surface area contributed by atoms with E-state index < -0.39 is 0 Å². The van der Waals surface area contributed by atoms with Crippen molar-refractivity contribution in [1.82, 2.24) is 5.32 Å². The van der Waals surface area contributed by atoms with Crippen molar-refractivity contribution in [3.05, 3.63) is 34.9 Å². The zero-order chi connectivity index (χ0) is 13.9. The van der Waals surface area contributed by atoms with E-state index in [1.54, 1.807) is 0 Å². The van der Waals surface area contributed by atoms with Crippen LogP contribution in [0.1, 0.15) is 57.9 Å². The summed E-state index contributed by atoms with van der Waals surface area (Å²) in [5, 5.41) is 4.55. The number of nitrogens with one attached hydrogen (secondary N) is 1. The van der Waals surface area contributed by atoms with Crippen LogP contribution in [0.25, 0.3) is 0 Å². The van der Waals surface area contributed by atoms with Crippen molar-refractivity contribution in [3.63, 3.8) is 0 Å². The molecular weight excluding hydrogens is 289 g/mol. The molecule has 1 aromatic rings. The molecule has 0 saturated carbocycles. The van der Waals surface area contributed by atoms with E-state index in [1.165, 1.54) is 37.8 Å². The van der Waals surface area contributed by atoms with Crippen molar-refractivity contribution in [1.29, 1.82) is 0 Å². The number of hydrogen-bond acceptors (Lipinski definition) is 1. The number of benzene rings is 1. The first-order valence-electron chi connectivity index (χ1n) is 7.44. The highest BCUT2D eigenvalue weighted by atomic mass is 35.5. The van der Waals surface area contributed by atoms with Crippen LogP contribution in [0.15, 0.2) is 24.3 Å². The molecule has 1 saturated heterocycles. The summed E-state index contributed by atoms with van der Waals surface area (Å²) in [4.78, 5) is 0. The number of piperidine rings is 1. The van der Waals surface area contributed by atoms with E-state index in [9.17, 15) is 0 Å². The first kappa shape index (κ1) is 17.8. The summed E-state index contributed by atoms with van der Waals surface area (Å²) in [6.07, 6.45) is 5.18. The Kier molecular flexibility index (Phi) is 6.84. The third-order valence-corrected chi connectivity index (χ3v) is 4.22. The minimum absolute atomic E-state index is 0. The highest BCUT2D eigenvalue weighted by molar-refractivity contribution is 6.30. The summed E-state index contributed by atoms with van der Waals surface area (Å²) in [5.41, 5.74) is 1.78. The van der Waals surface area contributed by atoms with Crippen molar-refractivity contribution in [2.24, 2.45) is 5.41 Å². The van der Waals surface area contributed by atoms with Crippen molar-refractivity contribution in [2.75, 3.05) is 6.54 Å². The third-order valence-electron chi connectivity index (χ3n) is 3.96. The van der Waals surface area contributed by atoms with Gasteiger partial charge in [-0.1, -0.05) is 50.9 Å². The van der Waals surface area contributed by atoms with Gasteiger partial charge in [-0.25, -0.2) is 0 Å². The second-order valence-electron chi connectivity index (χ2n) is 6.98. The molecule has 0 aromatic heterocycles. The summed E-state index contributed by atoms with van der Waals surface area (Å²) in [7, 11) is 0. The van der Waals surface area contributed by atoms with E-state index in [2.05, 4.69) is 38.2 Å². The zero-order valence-corrected chi connectivity index (χ0v) is 14.4. The van der Waals surface area contributed by atoms with Crippen molar-refractivity contribution in [2.45, 2.75) is 58.4 Å². The van der Waals surface area contributed by atoms with Crippen molar-refractivity contribution in [3.8, 4) is 0 Å². The number of hydrogen-bond donors (Lipinski definition) is 1. The molecule has 0 spiro atoms. The number of halogens is 2. The lowest BCUT2D eigenvalue weighted by Gasteiger charge is -2.35. The molecule has 0 amide bonds. The Morgan fingerprint density at radius 3 is 2.35 bits per heavy atom. The maximum absolute atomic E-state index is 6.02. The molecule has 1 N–H and O–H groups in total. The van der Waals surface area contributed by atoms with Gasteiger partial charge < -0.3 is 5.32 Å². The lowest BCUT2D eigenvalue weighted by atomic mass is 9.76. The van der Waals surface area contributed by atoms with Gasteiger partial charge in [0.25, 0.3) is 0 Å². The fraction of sp³-hybridized carbons (Fsp3) is 0.647. The highest BCUT2D eigenvalue weighted by Crippen LogP contribution is 2.36. The van der Waals surface area contributed by atoms with Gasteiger partial charge in [0.2, 0.25) is 0 Å². The van der Waals surface area contributed by atoms with E-state index in [-0.39, 0.29) is 12.4 Å². The first-order chi connectivity index (χ1) is 8.96. The Morgan fingerprint density at radius 2 is 1.85 bits per heavy atom. The molecule has 114 valence electrons. The van der Waals surface area contributed by atoms with Crippen LogP contribution in [0.5, 0.6) is 0 Å². The lowest BCUT2D eigenvalue weighted by Crippen LogP contribution is -2.40. The van der Waals surface area contributed by atoms with Gasteiger partial charge in [0.05, 0.1) is 0 Å². The fourth-order valence-electron chi connectivity index (χ4n) is 3.08. The quantitative estimate of drug-likeness (QED) is 0.784. The lowest BCUT2D eigenvalue weighted by molar-refractivity contribution is 0.266. The summed E-state index contributed by atoms with van der Waals surface area (Å²) in [5.74, 6) is 0.595. The molecule has 1 aliphatic heterocycles. The fourth-order valence-corrected chi connectivity index (χ4v) is 3.21. The largest absolute Gasteiger partial charge is 0.313 e. The maximum Gasteiger partial charge on any atom is 0.0406 e. The summed E-state index contributed by atoms with van der Waals surface area (Å²) in [6, 6.07) is 9.07. The Labute approximate surface area is 134 Å². The monoisotopic (exact) mass is 315 g/mol. The Bertz CT molecular complexity index is 388. The Morgan fingerprint density at radius 1 is 1.20 bits per heavy atom. The van der Waals surface area contributed by atoms with Crippen LogP contribution >= 0.6 is 24.0 Å². The molecule has 3 heteroatoms. The molecule has 2 unspecified atom stereocenters. The van der Waals surface area contributed by atoms with E-state index >= 15 is 0 Å². The topological polar surface area (TPSA) is 12.0 Å². The molecule has 2 atom stereocenters. The first-order valence-corrected chi connectivity index (χ1v) is 7.82. The Balaban J connectivity index is 0.00000200. The zero-order valence-electron chi connectivity index (χ0n) is 12.8. The third kappa shape index (κ3) is 5.27. The number of rotatable bonds is 3. The van der Waals surface area contributed by atoms with Crippen LogP contribution in [0.4, 0.5) is 0 Å². The summed E-state index contributed by atoms with van der Waals surface area (Å²) >= 11 is 6.02. The standard InChI is InChI=1S/C17H26ClN.ClH/c1-17(2,3)12-15(16-6-4-5-11-19-16)13-7-9-14(18)10-8-13;/h7-10,15-16,19H,4-6,11-12H2,1-3H3;1H. The minimum atomic E-state index is 0. The van der Waals surface area contributed by atoms with Gasteiger partial charge in [0.1, 0.15) is 0 Å². The van der Waals surface area contributed by atoms with Crippen LogP contribution in [-0.2, 0) is 0 Å². The van der Waals surface area contributed by atoms with Crippen molar-refractivity contribution >= 4 is 24.0 Å². The molecule has 1 nitrogen and oxygen atoms in total. The Hall–Kier alpha value is -0.240. The molecular formula is C17H27Cl2N. The van der Waals surface area contributed by atoms with Gasteiger partial charge in [-0.3, -0.25) is 0 Å². The summed E-state index contributed by atoms with van der Waals surface area (Å²) < 4.78 is 0. The van der Waals surface area contributed by atoms with E-state index in [4.69, 9.17) is 11.6 Å². The molecule has 0 bridgehead atoms. The second-order valence-corrected chi connectivity index (χ2v) is 7.42. The average molecular weight is 316 g/mol. The molecule has 20 heavy (non-hydrogen) atoms. The van der Waals surface area contributed by atoms with E-state index in [0.29, 0.717) is 17.4 Å².